The maximum absolute atomic E-state index is 10.9. The molecule has 6 nitrogen and oxygen atoms in total. The van der Waals surface area contributed by atoms with Crippen molar-refractivity contribution in [3.8, 4) is 0 Å². The number of aromatic nitrogens is 4. The van der Waals surface area contributed by atoms with Crippen molar-refractivity contribution in [1.82, 2.24) is 20.2 Å². The Hall–Kier alpha value is -2.24. The molecule has 0 saturated heterocycles. The first-order valence-electron chi connectivity index (χ1n) is 8.29. The Balaban J connectivity index is 1.60. The van der Waals surface area contributed by atoms with E-state index in [1.165, 1.54) is 32.1 Å². The number of carboxylic acid groups (broad SMARTS) is 1. The SMILES string of the molecule is O=C(O)c1ccc(Cn2nnnc2CCC2CCCCC2)cc1. The molecular formula is C17H22N4O2. The average molecular weight is 314 g/mol. The van der Waals surface area contributed by atoms with Crippen LogP contribution in [0.4, 0.5) is 0 Å². The largest absolute Gasteiger partial charge is 0.478 e. The summed E-state index contributed by atoms with van der Waals surface area (Å²) in [5.74, 6) is 0.814. The zero-order chi connectivity index (χ0) is 16.1. The highest BCUT2D eigenvalue weighted by atomic mass is 16.4. The highest BCUT2D eigenvalue weighted by molar-refractivity contribution is 5.87. The van der Waals surface area contributed by atoms with Gasteiger partial charge in [-0.3, -0.25) is 0 Å². The molecule has 6 heteroatoms. The van der Waals surface area contributed by atoms with Crippen LogP contribution in [-0.4, -0.2) is 31.3 Å². The highest BCUT2D eigenvalue weighted by Gasteiger charge is 2.15. The molecule has 1 N–H and O–H groups in total. The molecule has 0 aliphatic heterocycles. The van der Waals surface area contributed by atoms with Crippen molar-refractivity contribution in [3.63, 3.8) is 0 Å². The standard InChI is InChI=1S/C17H22N4O2/c22-17(23)15-9-6-14(7-10-15)12-21-16(18-19-20-21)11-8-13-4-2-1-3-5-13/h6-7,9-10,13H,1-5,8,11-12H2,(H,22,23). The van der Waals surface area contributed by atoms with Gasteiger partial charge in [-0.2, -0.15) is 0 Å². The first kappa shape index (κ1) is 15.6. The zero-order valence-electron chi connectivity index (χ0n) is 13.2. The van der Waals surface area contributed by atoms with E-state index in [9.17, 15) is 4.79 Å². The number of rotatable bonds is 6. The van der Waals surface area contributed by atoms with Gasteiger partial charge in [0.2, 0.25) is 0 Å². The summed E-state index contributed by atoms with van der Waals surface area (Å²) in [6.07, 6.45) is 8.80. The molecule has 23 heavy (non-hydrogen) atoms. The Morgan fingerprint density at radius 3 is 2.61 bits per heavy atom. The van der Waals surface area contributed by atoms with E-state index in [4.69, 9.17) is 5.11 Å². The van der Waals surface area contributed by atoms with Crippen molar-refractivity contribution >= 4 is 5.97 Å². The smallest absolute Gasteiger partial charge is 0.335 e. The molecule has 1 aromatic carbocycles. The van der Waals surface area contributed by atoms with Gasteiger partial charge in [0.15, 0.2) is 5.82 Å². The Morgan fingerprint density at radius 1 is 1.17 bits per heavy atom. The summed E-state index contributed by atoms with van der Waals surface area (Å²) < 4.78 is 1.82. The number of aromatic carboxylic acids is 1. The molecule has 122 valence electrons. The minimum Gasteiger partial charge on any atom is -0.478 e. The van der Waals surface area contributed by atoms with Crippen LogP contribution in [0.2, 0.25) is 0 Å². The van der Waals surface area contributed by atoms with Gasteiger partial charge >= 0.3 is 5.97 Å². The lowest BCUT2D eigenvalue weighted by Gasteiger charge is -2.20. The van der Waals surface area contributed by atoms with Crippen molar-refractivity contribution in [1.29, 1.82) is 0 Å². The van der Waals surface area contributed by atoms with Gasteiger partial charge in [-0.05, 0) is 40.5 Å². The van der Waals surface area contributed by atoms with Crippen molar-refractivity contribution < 1.29 is 9.90 Å². The van der Waals surface area contributed by atoms with E-state index in [-0.39, 0.29) is 0 Å². The molecule has 1 fully saturated rings. The van der Waals surface area contributed by atoms with Crippen LogP contribution in [0.5, 0.6) is 0 Å². The number of nitrogens with zero attached hydrogens (tertiary/aromatic N) is 4. The molecule has 0 amide bonds. The molecule has 1 heterocycles. The minimum atomic E-state index is -0.910. The Kier molecular flexibility index (Phi) is 5.00. The molecule has 1 aliphatic rings. The summed E-state index contributed by atoms with van der Waals surface area (Å²) in [5.41, 5.74) is 1.30. The molecule has 1 aliphatic carbocycles. The summed E-state index contributed by atoms with van der Waals surface area (Å²) in [6.45, 7) is 0.576. The average Bonchev–Trinajstić information content (AvgIpc) is 3.01. The van der Waals surface area contributed by atoms with E-state index < -0.39 is 5.97 Å². The van der Waals surface area contributed by atoms with E-state index in [1.54, 1.807) is 12.1 Å². The minimum absolute atomic E-state index is 0.294. The number of tetrazole rings is 1. The van der Waals surface area contributed by atoms with Crippen LogP contribution in [0.3, 0.4) is 0 Å². The molecule has 0 spiro atoms. The van der Waals surface area contributed by atoms with Crippen LogP contribution in [-0.2, 0) is 13.0 Å². The zero-order valence-corrected chi connectivity index (χ0v) is 13.2. The number of carboxylic acids is 1. The van der Waals surface area contributed by atoms with E-state index in [1.807, 2.05) is 16.8 Å². The number of hydrogen-bond donors (Lipinski definition) is 1. The van der Waals surface area contributed by atoms with Crippen LogP contribution in [0.25, 0.3) is 0 Å². The second-order valence-corrected chi connectivity index (χ2v) is 6.30. The van der Waals surface area contributed by atoms with Crippen LogP contribution in [0.1, 0.15) is 60.3 Å². The molecule has 0 radical (unpaired) electrons. The third kappa shape index (κ3) is 4.15. The lowest BCUT2D eigenvalue weighted by molar-refractivity contribution is 0.0697. The monoisotopic (exact) mass is 314 g/mol. The fourth-order valence-electron chi connectivity index (χ4n) is 3.26. The van der Waals surface area contributed by atoms with Gasteiger partial charge in [0, 0.05) is 6.42 Å². The molecular weight excluding hydrogens is 292 g/mol. The third-order valence-corrected chi connectivity index (χ3v) is 4.64. The molecule has 0 unspecified atom stereocenters. The van der Waals surface area contributed by atoms with Crippen LogP contribution < -0.4 is 0 Å². The van der Waals surface area contributed by atoms with E-state index >= 15 is 0 Å². The van der Waals surface area contributed by atoms with Gasteiger partial charge < -0.3 is 5.11 Å². The van der Waals surface area contributed by atoms with E-state index in [0.29, 0.717) is 12.1 Å². The lowest BCUT2D eigenvalue weighted by atomic mass is 9.86. The van der Waals surface area contributed by atoms with Gasteiger partial charge in [0.25, 0.3) is 0 Å². The third-order valence-electron chi connectivity index (χ3n) is 4.64. The second-order valence-electron chi connectivity index (χ2n) is 6.30. The molecule has 0 atom stereocenters. The quantitative estimate of drug-likeness (QED) is 0.886. The second kappa shape index (κ2) is 7.35. The number of aryl methyl sites for hydroxylation is 1. The van der Waals surface area contributed by atoms with E-state index in [2.05, 4.69) is 15.5 Å². The fourth-order valence-corrected chi connectivity index (χ4v) is 3.26. The van der Waals surface area contributed by atoms with Gasteiger partial charge in [-0.15, -0.1) is 5.10 Å². The van der Waals surface area contributed by atoms with Crippen LogP contribution in [0, 0.1) is 5.92 Å². The summed E-state index contributed by atoms with van der Waals surface area (Å²) in [6, 6.07) is 6.86. The van der Waals surface area contributed by atoms with Gasteiger partial charge in [0.1, 0.15) is 0 Å². The molecule has 1 aromatic heterocycles. The summed E-state index contributed by atoms with van der Waals surface area (Å²) in [7, 11) is 0. The Bertz CT molecular complexity index is 645. The van der Waals surface area contributed by atoms with E-state index in [0.717, 1.165) is 30.1 Å². The lowest BCUT2D eigenvalue weighted by Crippen LogP contribution is -2.11. The number of hydrogen-bond acceptors (Lipinski definition) is 4. The number of benzene rings is 1. The van der Waals surface area contributed by atoms with Gasteiger partial charge in [-0.25, -0.2) is 9.48 Å². The molecule has 2 aromatic rings. The summed E-state index contributed by atoms with van der Waals surface area (Å²) in [4.78, 5) is 10.9. The normalized spacial score (nSPS) is 15.7. The molecule has 0 bridgehead atoms. The topological polar surface area (TPSA) is 80.9 Å². The van der Waals surface area contributed by atoms with Crippen molar-refractivity contribution in [3.05, 3.63) is 41.2 Å². The van der Waals surface area contributed by atoms with Crippen LogP contribution >= 0.6 is 0 Å². The first-order valence-corrected chi connectivity index (χ1v) is 8.29. The molecule has 1 saturated carbocycles. The van der Waals surface area contributed by atoms with Crippen molar-refractivity contribution in [2.45, 2.75) is 51.5 Å². The fraction of sp³-hybridized carbons (Fsp3) is 0.529. The maximum Gasteiger partial charge on any atom is 0.335 e. The first-order chi connectivity index (χ1) is 11.2. The molecule has 3 rings (SSSR count). The Morgan fingerprint density at radius 2 is 1.91 bits per heavy atom. The number of carbonyl (C=O) groups is 1. The Labute approximate surface area is 135 Å². The van der Waals surface area contributed by atoms with Crippen LogP contribution in [0.15, 0.2) is 24.3 Å². The summed E-state index contributed by atoms with van der Waals surface area (Å²) in [5, 5.41) is 21.0. The van der Waals surface area contributed by atoms with Crippen molar-refractivity contribution in [2.75, 3.05) is 0 Å². The maximum atomic E-state index is 10.9. The highest BCUT2D eigenvalue weighted by Crippen LogP contribution is 2.27. The predicted octanol–water partition coefficient (Wildman–Crippen LogP) is 2.93. The van der Waals surface area contributed by atoms with Crippen molar-refractivity contribution in [2.24, 2.45) is 5.92 Å². The van der Waals surface area contributed by atoms with Gasteiger partial charge in [0.05, 0.1) is 12.1 Å². The predicted molar refractivity (Wildman–Crippen MR) is 85.2 cm³/mol. The summed E-state index contributed by atoms with van der Waals surface area (Å²) >= 11 is 0. The van der Waals surface area contributed by atoms with Gasteiger partial charge in [-0.1, -0.05) is 44.2 Å².